The van der Waals surface area contributed by atoms with Gasteiger partial charge in [-0.1, -0.05) is 52.0 Å². The van der Waals surface area contributed by atoms with E-state index in [1.807, 2.05) is 36.9 Å². The van der Waals surface area contributed by atoms with Crippen molar-refractivity contribution in [1.29, 1.82) is 0 Å². The second kappa shape index (κ2) is 12.9. The van der Waals surface area contributed by atoms with Crippen LogP contribution in [0.4, 0.5) is 4.39 Å². The molecule has 0 saturated heterocycles. The standard InChI is InChI=1S/C24H28FNO.C24H27NO2/c1-23-10-8-20-17(13-22(25)21-12-16(27)7-9-24(20,21)2)19(23)6-5-18(23)15-4-3-11-26-14-15;1-23-10-8-20-17(13-22(27)21-12-16(26)7-9-24(20,21)2)19(23)6-5-18(23)15-4-3-11-25-14-15/h3-5,11-12,14,17,19-20,22H,6-10,13H2,1-2H3;3-5,11-12,14,17,19-20H,6-10,13H2,1-2H3/t17-,19-,20-,22+,23+,24+;17-,19-,20-,23+,24+/m00/s1. The van der Waals surface area contributed by atoms with E-state index in [1.54, 1.807) is 12.2 Å². The van der Waals surface area contributed by atoms with Gasteiger partial charge in [0.05, 0.1) is 0 Å². The molecule has 0 radical (unpaired) electrons. The Balaban J connectivity index is 0.000000142. The average molecular weight is 727 g/mol. The Hall–Kier alpha value is -3.80. The van der Waals surface area contributed by atoms with Gasteiger partial charge in [-0.3, -0.25) is 24.4 Å². The van der Waals surface area contributed by atoms with Crippen molar-refractivity contribution in [3.63, 3.8) is 0 Å². The molecule has 8 aliphatic carbocycles. The van der Waals surface area contributed by atoms with Gasteiger partial charge in [-0.2, -0.15) is 0 Å². The van der Waals surface area contributed by atoms with Crippen LogP contribution >= 0.6 is 0 Å². The highest BCUT2D eigenvalue weighted by Gasteiger charge is 2.61. The quantitative estimate of drug-likeness (QED) is 0.308. The van der Waals surface area contributed by atoms with Crippen LogP contribution in [0.15, 0.2) is 84.5 Å². The van der Waals surface area contributed by atoms with Crippen LogP contribution in [0.3, 0.4) is 0 Å². The average Bonchev–Trinajstić information content (AvgIpc) is 3.71. The Kier molecular flexibility index (Phi) is 8.56. The van der Waals surface area contributed by atoms with Gasteiger partial charge in [-0.05, 0) is 167 Å². The van der Waals surface area contributed by atoms with Crippen LogP contribution in [-0.4, -0.2) is 33.5 Å². The highest BCUT2D eigenvalue weighted by molar-refractivity contribution is 6.06. The lowest BCUT2D eigenvalue weighted by Crippen LogP contribution is -2.52. The highest BCUT2D eigenvalue weighted by atomic mass is 19.1. The molecule has 0 bridgehead atoms. The fourth-order valence-corrected chi connectivity index (χ4v) is 14.0. The molecule has 5 nitrogen and oxygen atoms in total. The SMILES string of the molecule is C[C@]12CCC(=O)C=C1C(=O)C[C@@H]1[C@@H]2CC[C@]2(C)C(c3cccnc3)=CC[C@@H]12.C[C@]12CCC(=O)C=C1[C@H](F)C[C@@H]1[C@@H]2CC[C@]2(C)C(c3cccnc3)=CC[C@@H]12. The van der Waals surface area contributed by atoms with Gasteiger partial charge in [0.1, 0.15) is 6.17 Å². The number of nitrogens with zero attached hydrogens (tertiary/aromatic N) is 2. The number of halogens is 1. The van der Waals surface area contributed by atoms with E-state index in [-0.39, 0.29) is 39.0 Å². The molecule has 0 unspecified atom stereocenters. The number of alkyl halides is 1. The maximum atomic E-state index is 15.3. The van der Waals surface area contributed by atoms with Crippen molar-refractivity contribution in [2.24, 2.45) is 57.2 Å². The second-order valence-electron chi connectivity index (χ2n) is 19.1. The smallest absolute Gasteiger partial charge is 0.159 e. The minimum absolute atomic E-state index is 0.105. The van der Waals surface area contributed by atoms with E-state index in [9.17, 15) is 14.4 Å². The van der Waals surface area contributed by atoms with Crippen molar-refractivity contribution in [3.8, 4) is 0 Å². The topological polar surface area (TPSA) is 77.0 Å². The molecule has 10 rings (SSSR count). The van der Waals surface area contributed by atoms with E-state index >= 15 is 4.39 Å². The van der Waals surface area contributed by atoms with Gasteiger partial charge in [0.2, 0.25) is 0 Å². The van der Waals surface area contributed by atoms with Crippen molar-refractivity contribution >= 4 is 28.5 Å². The number of fused-ring (bicyclic) bond motifs is 10. The first-order valence-corrected chi connectivity index (χ1v) is 20.8. The summed E-state index contributed by atoms with van der Waals surface area (Å²) in [5.74, 6) is 3.36. The number of Topliss-reactive ketones (excluding diaryl/α,β-unsaturated/α-hetero) is 1. The van der Waals surface area contributed by atoms with Crippen LogP contribution in [0.5, 0.6) is 0 Å². The van der Waals surface area contributed by atoms with E-state index in [0.717, 1.165) is 62.5 Å². The summed E-state index contributed by atoms with van der Waals surface area (Å²) < 4.78 is 15.3. The Morgan fingerprint density at radius 1 is 0.630 bits per heavy atom. The number of rotatable bonds is 2. The Morgan fingerprint density at radius 3 is 1.72 bits per heavy atom. The molecule has 0 aliphatic heterocycles. The summed E-state index contributed by atoms with van der Waals surface area (Å²) in [6.45, 7) is 9.29. The van der Waals surface area contributed by atoms with Crippen LogP contribution in [0, 0.1) is 57.2 Å². The van der Waals surface area contributed by atoms with Gasteiger partial charge in [0.15, 0.2) is 17.3 Å². The molecule has 2 heterocycles. The lowest BCUT2D eigenvalue weighted by Gasteiger charge is -2.58. The second-order valence-corrected chi connectivity index (χ2v) is 19.1. The molecule has 0 spiro atoms. The molecule has 8 aliphatic rings. The van der Waals surface area contributed by atoms with E-state index in [0.29, 0.717) is 61.2 Å². The molecule has 11 atom stereocenters. The predicted octanol–water partition coefficient (Wildman–Crippen LogP) is 10.3. The molecule has 2 aromatic heterocycles. The summed E-state index contributed by atoms with van der Waals surface area (Å²) in [5.41, 5.74) is 6.96. The molecular formula is C48H55FN2O3. The van der Waals surface area contributed by atoms with Gasteiger partial charge in [0, 0.05) is 49.6 Å². The summed E-state index contributed by atoms with van der Waals surface area (Å²) in [6.07, 6.45) is 25.5. The summed E-state index contributed by atoms with van der Waals surface area (Å²) in [6, 6.07) is 8.35. The van der Waals surface area contributed by atoms with Gasteiger partial charge < -0.3 is 0 Å². The molecule has 4 saturated carbocycles. The maximum absolute atomic E-state index is 15.3. The molecule has 4 fully saturated rings. The number of aromatic nitrogens is 2. The number of hydrogen-bond acceptors (Lipinski definition) is 5. The third kappa shape index (κ3) is 5.31. The number of hydrogen-bond donors (Lipinski definition) is 0. The van der Waals surface area contributed by atoms with Crippen LogP contribution in [-0.2, 0) is 14.4 Å². The fraction of sp³-hybridized carbons (Fsp3) is 0.562. The molecule has 0 aromatic carbocycles. The van der Waals surface area contributed by atoms with Crippen LogP contribution in [0.25, 0.3) is 11.1 Å². The molecular weight excluding hydrogens is 672 g/mol. The number of carbonyl (C=O) groups excluding carboxylic acids is 3. The number of allylic oxidation sites excluding steroid dienone is 8. The van der Waals surface area contributed by atoms with E-state index in [2.05, 4.69) is 61.9 Å². The minimum atomic E-state index is -0.953. The normalized spacial score (nSPS) is 41.9. The maximum Gasteiger partial charge on any atom is 0.159 e. The summed E-state index contributed by atoms with van der Waals surface area (Å²) >= 11 is 0. The summed E-state index contributed by atoms with van der Waals surface area (Å²) in [7, 11) is 0. The lowest BCUT2D eigenvalue weighted by atomic mass is 9.46. The zero-order valence-electron chi connectivity index (χ0n) is 32.5. The Labute approximate surface area is 320 Å². The number of pyridine rings is 2. The largest absolute Gasteiger partial charge is 0.295 e. The number of ketones is 3. The first-order valence-electron chi connectivity index (χ1n) is 20.8. The Morgan fingerprint density at radius 2 is 1.15 bits per heavy atom. The van der Waals surface area contributed by atoms with E-state index in [4.69, 9.17) is 0 Å². The first kappa shape index (κ1) is 35.9. The lowest BCUT2D eigenvalue weighted by molar-refractivity contribution is -0.129. The van der Waals surface area contributed by atoms with Crippen molar-refractivity contribution in [3.05, 3.63) is 95.6 Å². The molecule has 54 heavy (non-hydrogen) atoms. The highest BCUT2D eigenvalue weighted by Crippen LogP contribution is 2.68. The molecule has 0 amide bonds. The molecule has 2 aromatic rings. The minimum Gasteiger partial charge on any atom is -0.295 e. The van der Waals surface area contributed by atoms with Crippen molar-refractivity contribution in [2.45, 2.75) is 111 Å². The number of carbonyl (C=O) groups is 3. The van der Waals surface area contributed by atoms with Crippen LogP contribution in [0.2, 0.25) is 0 Å². The van der Waals surface area contributed by atoms with Gasteiger partial charge in [-0.25, -0.2) is 4.39 Å². The first-order chi connectivity index (χ1) is 25.9. The van der Waals surface area contributed by atoms with E-state index < -0.39 is 6.17 Å². The summed E-state index contributed by atoms with van der Waals surface area (Å²) in [5, 5.41) is 0. The monoisotopic (exact) mass is 726 g/mol. The molecule has 282 valence electrons. The third-order valence-electron chi connectivity index (χ3n) is 16.8. The Bertz CT molecular complexity index is 2020. The van der Waals surface area contributed by atoms with Gasteiger partial charge in [0.25, 0.3) is 0 Å². The third-order valence-corrected chi connectivity index (χ3v) is 16.8. The van der Waals surface area contributed by atoms with Crippen LogP contribution in [0.1, 0.15) is 116 Å². The predicted molar refractivity (Wildman–Crippen MR) is 209 cm³/mol. The van der Waals surface area contributed by atoms with Crippen LogP contribution < -0.4 is 0 Å². The zero-order valence-corrected chi connectivity index (χ0v) is 32.5. The fourth-order valence-electron chi connectivity index (χ4n) is 14.0. The van der Waals surface area contributed by atoms with Crippen molar-refractivity contribution in [1.82, 2.24) is 9.97 Å². The van der Waals surface area contributed by atoms with Gasteiger partial charge in [-0.15, -0.1) is 0 Å². The van der Waals surface area contributed by atoms with Crippen molar-refractivity contribution < 1.29 is 18.8 Å². The summed E-state index contributed by atoms with van der Waals surface area (Å²) in [4.78, 5) is 45.6. The van der Waals surface area contributed by atoms with Crippen molar-refractivity contribution in [2.75, 3.05) is 0 Å². The molecule has 6 heteroatoms. The molecule has 0 N–H and O–H groups in total. The van der Waals surface area contributed by atoms with Gasteiger partial charge >= 0.3 is 0 Å². The van der Waals surface area contributed by atoms with E-state index in [1.165, 1.54) is 22.3 Å². The zero-order chi connectivity index (χ0) is 37.6.